The van der Waals surface area contributed by atoms with Gasteiger partial charge in [0.2, 0.25) is 0 Å². The van der Waals surface area contributed by atoms with Crippen molar-refractivity contribution in [2.45, 2.75) is 45.4 Å². The number of thioether (sulfide) groups is 1. The van der Waals surface area contributed by atoms with Crippen molar-refractivity contribution in [2.75, 3.05) is 11.5 Å². The second-order valence-electron chi connectivity index (χ2n) is 4.20. The monoisotopic (exact) mass is 236 g/mol. The first-order chi connectivity index (χ1) is 7.93. The molecule has 0 aliphatic carbocycles. The Hall–Kier alpha value is -0.430. The molecule has 0 nitrogen and oxygen atoms in total. The molecule has 0 radical (unpaired) electrons. The van der Waals surface area contributed by atoms with Gasteiger partial charge in [-0.1, -0.05) is 56.5 Å². The highest BCUT2D eigenvalue weighted by atomic mass is 32.2. The van der Waals surface area contributed by atoms with Crippen LogP contribution in [-0.2, 0) is 6.42 Å². The summed E-state index contributed by atoms with van der Waals surface area (Å²) in [4.78, 5) is 0. The van der Waals surface area contributed by atoms with Gasteiger partial charge in [0.25, 0.3) is 0 Å². The van der Waals surface area contributed by atoms with Gasteiger partial charge < -0.3 is 0 Å². The third-order valence-corrected chi connectivity index (χ3v) is 3.79. The Labute approximate surface area is 105 Å². The molecular formula is C15H24S. The van der Waals surface area contributed by atoms with Crippen LogP contribution in [0.2, 0.25) is 0 Å². The highest BCUT2D eigenvalue weighted by Gasteiger charge is 1.93. The molecule has 0 saturated heterocycles. The lowest BCUT2D eigenvalue weighted by Gasteiger charge is -2.02. The summed E-state index contributed by atoms with van der Waals surface area (Å²) in [5.41, 5.74) is 1.49. The van der Waals surface area contributed by atoms with Gasteiger partial charge in [-0.3, -0.25) is 0 Å². The van der Waals surface area contributed by atoms with Crippen LogP contribution in [0.25, 0.3) is 0 Å². The predicted octanol–water partition coefficient (Wildman–Crippen LogP) is 4.93. The van der Waals surface area contributed by atoms with Crippen molar-refractivity contribution in [1.29, 1.82) is 0 Å². The van der Waals surface area contributed by atoms with Gasteiger partial charge in [-0.2, -0.15) is 11.8 Å². The number of hydrogen-bond acceptors (Lipinski definition) is 1. The van der Waals surface area contributed by atoms with Crippen LogP contribution < -0.4 is 0 Å². The van der Waals surface area contributed by atoms with Crippen molar-refractivity contribution in [2.24, 2.45) is 0 Å². The van der Waals surface area contributed by atoms with E-state index in [1.807, 2.05) is 0 Å². The SMILES string of the molecule is CCSCCCCCCCc1ccccc1. The molecule has 0 spiro atoms. The Morgan fingerprint density at radius 1 is 0.875 bits per heavy atom. The summed E-state index contributed by atoms with van der Waals surface area (Å²) in [6.45, 7) is 2.24. The van der Waals surface area contributed by atoms with Crippen LogP contribution in [0.5, 0.6) is 0 Å². The summed E-state index contributed by atoms with van der Waals surface area (Å²) >= 11 is 2.07. The molecule has 0 saturated carbocycles. The molecule has 0 aliphatic rings. The maximum Gasteiger partial charge on any atom is -0.00676 e. The molecule has 1 aromatic rings. The van der Waals surface area contributed by atoms with Gasteiger partial charge in [0.05, 0.1) is 0 Å². The second kappa shape index (κ2) is 9.77. The normalized spacial score (nSPS) is 10.6. The molecule has 0 heterocycles. The van der Waals surface area contributed by atoms with E-state index in [0.717, 1.165) is 0 Å². The van der Waals surface area contributed by atoms with E-state index >= 15 is 0 Å². The number of unbranched alkanes of at least 4 members (excludes halogenated alkanes) is 4. The Morgan fingerprint density at radius 2 is 1.56 bits per heavy atom. The molecule has 90 valence electrons. The predicted molar refractivity (Wildman–Crippen MR) is 76.2 cm³/mol. The van der Waals surface area contributed by atoms with Gasteiger partial charge >= 0.3 is 0 Å². The van der Waals surface area contributed by atoms with Crippen molar-refractivity contribution in [3.63, 3.8) is 0 Å². The quantitative estimate of drug-likeness (QED) is 0.548. The third-order valence-electron chi connectivity index (χ3n) is 2.80. The van der Waals surface area contributed by atoms with Crippen LogP contribution in [0, 0.1) is 0 Å². The smallest absolute Gasteiger partial charge is 0.00676 e. The van der Waals surface area contributed by atoms with E-state index in [-0.39, 0.29) is 0 Å². The summed E-state index contributed by atoms with van der Waals surface area (Å²) < 4.78 is 0. The molecule has 0 N–H and O–H groups in total. The van der Waals surface area contributed by atoms with Crippen LogP contribution in [0.4, 0.5) is 0 Å². The number of hydrogen-bond donors (Lipinski definition) is 0. The van der Waals surface area contributed by atoms with Crippen LogP contribution in [-0.4, -0.2) is 11.5 Å². The molecular weight excluding hydrogens is 212 g/mol. The summed E-state index contributed by atoms with van der Waals surface area (Å²) in [6.07, 6.45) is 8.24. The topological polar surface area (TPSA) is 0 Å². The maximum absolute atomic E-state index is 2.24. The highest BCUT2D eigenvalue weighted by Crippen LogP contribution is 2.10. The maximum atomic E-state index is 2.24. The molecule has 16 heavy (non-hydrogen) atoms. The first kappa shape index (κ1) is 13.6. The van der Waals surface area contributed by atoms with Crippen molar-refractivity contribution in [3.8, 4) is 0 Å². The number of rotatable bonds is 9. The lowest BCUT2D eigenvalue weighted by atomic mass is 10.1. The fourth-order valence-corrected chi connectivity index (χ4v) is 2.55. The first-order valence-electron chi connectivity index (χ1n) is 6.55. The molecule has 0 unspecified atom stereocenters. The van der Waals surface area contributed by atoms with Crippen molar-refractivity contribution < 1.29 is 0 Å². The highest BCUT2D eigenvalue weighted by molar-refractivity contribution is 7.99. The van der Waals surface area contributed by atoms with Crippen molar-refractivity contribution >= 4 is 11.8 Å². The van der Waals surface area contributed by atoms with Gasteiger partial charge in [0.15, 0.2) is 0 Å². The average Bonchev–Trinajstić information content (AvgIpc) is 2.34. The van der Waals surface area contributed by atoms with Crippen LogP contribution in [0.3, 0.4) is 0 Å². The average molecular weight is 236 g/mol. The molecule has 0 aromatic heterocycles. The van der Waals surface area contributed by atoms with Crippen LogP contribution >= 0.6 is 11.8 Å². The first-order valence-corrected chi connectivity index (χ1v) is 7.70. The Bertz CT molecular complexity index is 243. The van der Waals surface area contributed by atoms with Gasteiger partial charge in [-0.15, -0.1) is 0 Å². The van der Waals surface area contributed by atoms with Crippen molar-refractivity contribution in [3.05, 3.63) is 35.9 Å². The minimum atomic E-state index is 1.25. The Balaban J connectivity index is 1.89. The summed E-state index contributed by atoms with van der Waals surface area (Å²) in [5, 5.41) is 0. The molecule has 0 fully saturated rings. The lowest BCUT2D eigenvalue weighted by molar-refractivity contribution is 0.634. The molecule has 0 aliphatic heterocycles. The van der Waals surface area contributed by atoms with Crippen LogP contribution in [0.15, 0.2) is 30.3 Å². The molecule has 1 rings (SSSR count). The van der Waals surface area contributed by atoms with E-state index in [4.69, 9.17) is 0 Å². The lowest BCUT2D eigenvalue weighted by Crippen LogP contribution is -1.86. The van der Waals surface area contributed by atoms with E-state index < -0.39 is 0 Å². The Kier molecular flexibility index (Phi) is 8.33. The molecule has 1 aromatic carbocycles. The summed E-state index contributed by atoms with van der Waals surface area (Å²) in [7, 11) is 0. The zero-order valence-electron chi connectivity index (χ0n) is 10.5. The van der Waals surface area contributed by atoms with Gasteiger partial charge in [-0.05, 0) is 36.3 Å². The largest absolute Gasteiger partial charge is 0.162 e. The van der Waals surface area contributed by atoms with Gasteiger partial charge in [-0.25, -0.2) is 0 Å². The zero-order chi connectivity index (χ0) is 11.5. The fraction of sp³-hybridized carbons (Fsp3) is 0.600. The number of benzene rings is 1. The van der Waals surface area contributed by atoms with Crippen LogP contribution in [0.1, 0.15) is 44.6 Å². The zero-order valence-corrected chi connectivity index (χ0v) is 11.3. The van der Waals surface area contributed by atoms with E-state index in [1.54, 1.807) is 0 Å². The standard InChI is InChI=1S/C15H24S/c1-2-16-14-10-5-3-4-7-11-15-12-8-6-9-13-15/h6,8-9,12-13H,2-5,7,10-11,14H2,1H3. The van der Waals surface area contributed by atoms with E-state index in [1.165, 1.54) is 55.6 Å². The van der Waals surface area contributed by atoms with E-state index in [9.17, 15) is 0 Å². The minimum Gasteiger partial charge on any atom is -0.162 e. The van der Waals surface area contributed by atoms with E-state index in [0.29, 0.717) is 0 Å². The summed E-state index contributed by atoms with van der Waals surface area (Å²) in [5.74, 6) is 2.63. The van der Waals surface area contributed by atoms with Gasteiger partial charge in [0, 0.05) is 0 Å². The van der Waals surface area contributed by atoms with Crippen molar-refractivity contribution in [1.82, 2.24) is 0 Å². The summed E-state index contributed by atoms with van der Waals surface area (Å²) in [6, 6.07) is 10.8. The van der Waals surface area contributed by atoms with Gasteiger partial charge in [0.1, 0.15) is 0 Å². The fourth-order valence-electron chi connectivity index (χ4n) is 1.85. The van der Waals surface area contributed by atoms with E-state index in [2.05, 4.69) is 49.0 Å². The molecule has 0 bridgehead atoms. The Morgan fingerprint density at radius 3 is 2.31 bits per heavy atom. The molecule has 0 atom stereocenters. The minimum absolute atomic E-state index is 1.25. The number of aryl methyl sites for hydroxylation is 1. The second-order valence-corrected chi connectivity index (χ2v) is 5.59. The molecule has 1 heteroatoms. The molecule has 0 amide bonds. The third kappa shape index (κ3) is 6.95.